The number of carbonyl (C=O) groups excluding carboxylic acids is 1. The molecule has 120 valence electrons. The van der Waals surface area contributed by atoms with Gasteiger partial charge in [-0.2, -0.15) is 0 Å². The lowest BCUT2D eigenvalue weighted by atomic mass is 10.1. The Balaban J connectivity index is 1.79. The van der Waals surface area contributed by atoms with Crippen LogP contribution in [0.5, 0.6) is 0 Å². The predicted molar refractivity (Wildman–Crippen MR) is 86.0 cm³/mol. The Morgan fingerprint density at radius 1 is 1.39 bits per heavy atom. The fourth-order valence-electron chi connectivity index (χ4n) is 2.95. The van der Waals surface area contributed by atoms with Gasteiger partial charge < -0.3 is 10.2 Å². The molecule has 3 heterocycles. The van der Waals surface area contributed by atoms with Gasteiger partial charge in [0.2, 0.25) is 5.91 Å². The van der Waals surface area contributed by atoms with Crippen molar-refractivity contribution >= 4 is 11.7 Å². The first-order valence-corrected chi connectivity index (χ1v) is 7.63. The van der Waals surface area contributed by atoms with Crippen molar-refractivity contribution in [2.75, 3.05) is 18.9 Å². The van der Waals surface area contributed by atoms with E-state index in [1.807, 2.05) is 24.1 Å². The second kappa shape index (κ2) is 6.60. The van der Waals surface area contributed by atoms with Gasteiger partial charge >= 0.3 is 5.69 Å². The molecule has 0 bridgehead atoms. The van der Waals surface area contributed by atoms with Crippen molar-refractivity contribution < 1.29 is 4.79 Å². The van der Waals surface area contributed by atoms with E-state index in [1.165, 1.54) is 10.8 Å². The van der Waals surface area contributed by atoms with Crippen LogP contribution >= 0.6 is 0 Å². The molecule has 23 heavy (non-hydrogen) atoms. The van der Waals surface area contributed by atoms with Crippen molar-refractivity contribution in [3.05, 3.63) is 52.8 Å². The highest BCUT2D eigenvalue weighted by Gasteiger charge is 2.30. The van der Waals surface area contributed by atoms with Crippen molar-refractivity contribution in [1.82, 2.24) is 19.4 Å². The topological polar surface area (TPSA) is 80.1 Å². The van der Waals surface area contributed by atoms with E-state index >= 15 is 0 Å². The standard InChI is InChI=1S/C16H19N5O2/c1-17-14-10-12(5-7-18-14)13-4-2-9-21(13)15(22)11-20-8-3-6-19-16(20)23/h3,5-8,10,13H,2,4,9,11H2,1H3,(H,17,18). The van der Waals surface area contributed by atoms with E-state index in [9.17, 15) is 9.59 Å². The summed E-state index contributed by atoms with van der Waals surface area (Å²) in [6, 6.07) is 5.59. The quantitative estimate of drug-likeness (QED) is 0.912. The number of amides is 1. The third kappa shape index (κ3) is 3.23. The second-order valence-electron chi connectivity index (χ2n) is 5.50. The summed E-state index contributed by atoms with van der Waals surface area (Å²) in [6.45, 7) is 0.725. The van der Waals surface area contributed by atoms with Gasteiger partial charge in [-0.05, 0) is 36.6 Å². The number of nitrogens with zero attached hydrogens (tertiary/aromatic N) is 4. The van der Waals surface area contributed by atoms with Gasteiger partial charge in [0.05, 0.1) is 6.04 Å². The van der Waals surface area contributed by atoms with E-state index in [2.05, 4.69) is 15.3 Å². The second-order valence-corrected chi connectivity index (χ2v) is 5.50. The Morgan fingerprint density at radius 3 is 3.04 bits per heavy atom. The maximum atomic E-state index is 12.6. The maximum Gasteiger partial charge on any atom is 0.347 e. The largest absolute Gasteiger partial charge is 0.373 e. The number of hydrogen-bond acceptors (Lipinski definition) is 5. The molecular formula is C16H19N5O2. The summed E-state index contributed by atoms with van der Waals surface area (Å²) in [7, 11) is 1.82. The molecular weight excluding hydrogens is 294 g/mol. The van der Waals surface area contributed by atoms with Crippen LogP contribution in [-0.2, 0) is 11.3 Å². The minimum Gasteiger partial charge on any atom is -0.373 e. The zero-order valence-electron chi connectivity index (χ0n) is 13.0. The Kier molecular flexibility index (Phi) is 4.36. The molecule has 0 aliphatic carbocycles. The van der Waals surface area contributed by atoms with Crippen LogP contribution in [0.4, 0.5) is 5.82 Å². The molecule has 1 unspecified atom stereocenters. The fourth-order valence-corrected chi connectivity index (χ4v) is 2.95. The highest BCUT2D eigenvalue weighted by atomic mass is 16.2. The van der Waals surface area contributed by atoms with Crippen LogP contribution in [0.25, 0.3) is 0 Å². The molecule has 0 aromatic carbocycles. The van der Waals surface area contributed by atoms with Crippen molar-refractivity contribution in [1.29, 1.82) is 0 Å². The van der Waals surface area contributed by atoms with Gasteiger partial charge in [0.15, 0.2) is 0 Å². The fraction of sp³-hybridized carbons (Fsp3) is 0.375. The monoisotopic (exact) mass is 313 g/mol. The molecule has 1 fully saturated rings. The first-order chi connectivity index (χ1) is 11.2. The summed E-state index contributed by atoms with van der Waals surface area (Å²) in [5.74, 6) is 0.718. The maximum absolute atomic E-state index is 12.6. The molecule has 3 rings (SSSR count). The number of carbonyl (C=O) groups is 1. The van der Waals surface area contributed by atoms with Crippen molar-refractivity contribution in [2.24, 2.45) is 0 Å². The van der Waals surface area contributed by atoms with Crippen LogP contribution in [0, 0.1) is 0 Å². The summed E-state index contributed by atoms with van der Waals surface area (Å²) >= 11 is 0. The Hall–Kier alpha value is -2.70. The molecule has 0 saturated carbocycles. The number of rotatable bonds is 4. The van der Waals surface area contributed by atoms with E-state index < -0.39 is 5.69 Å². The van der Waals surface area contributed by atoms with Gasteiger partial charge in [0.25, 0.3) is 0 Å². The molecule has 0 spiro atoms. The van der Waals surface area contributed by atoms with Crippen LogP contribution in [-0.4, -0.2) is 38.9 Å². The number of likely N-dealkylation sites (tertiary alicyclic amines) is 1. The summed E-state index contributed by atoms with van der Waals surface area (Å²) in [4.78, 5) is 34.0. The summed E-state index contributed by atoms with van der Waals surface area (Å²) in [5, 5.41) is 3.01. The van der Waals surface area contributed by atoms with Crippen LogP contribution in [0.3, 0.4) is 0 Å². The number of nitrogens with one attached hydrogen (secondary N) is 1. The van der Waals surface area contributed by atoms with Crippen molar-refractivity contribution in [3.8, 4) is 0 Å². The molecule has 1 amide bonds. The lowest BCUT2D eigenvalue weighted by Crippen LogP contribution is -2.36. The first kappa shape index (κ1) is 15.2. The van der Waals surface area contributed by atoms with E-state index in [1.54, 1.807) is 18.5 Å². The van der Waals surface area contributed by atoms with Gasteiger partial charge in [0, 0.05) is 32.2 Å². The van der Waals surface area contributed by atoms with Gasteiger partial charge in [-0.25, -0.2) is 14.8 Å². The zero-order valence-corrected chi connectivity index (χ0v) is 13.0. The first-order valence-electron chi connectivity index (χ1n) is 7.63. The molecule has 1 aliphatic heterocycles. The van der Waals surface area contributed by atoms with Crippen LogP contribution < -0.4 is 11.0 Å². The van der Waals surface area contributed by atoms with Gasteiger partial charge in [-0.15, -0.1) is 0 Å². The molecule has 7 heteroatoms. The molecule has 7 nitrogen and oxygen atoms in total. The SMILES string of the molecule is CNc1cc(C2CCCN2C(=O)Cn2cccnc2=O)ccn1. The third-order valence-electron chi connectivity index (χ3n) is 4.09. The highest BCUT2D eigenvalue weighted by molar-refractivity contribution is 5.77. The van der Waals surface area contributed by atoms with Gasteiger partial charge in [0.1, 0.15) is 12.4 Å². The summed E-state index contributed by atoms with van der Waals surface area (Å²) < 4.78 is 1.34. The molecule has 1 atom stereocenters. The molecule has 2 aromatic rings. The lowest BCUT2D eigenvalue weighted by molar-refractivity contribution is -0.132. The van der Waals surface area contributed by atoms with Crippen LogP contribution in [0.1, 0.15) is 24.4 Å². The smallest absolute Gasteiger partial charge is 0.347 e. The van der Waals surface area contributed by atoms with E-state index in [0.717, 1.165) is 24.2 Å². The Morgan fingerprint density at radius 2 is 2.26 bits per heavy atom. The highest BCUT2D eigenvalue weighted by Crippen LogP contribution is 2.32. The number of aromatic nitrogens is 3. The summed E-state index contributed by atoms with van der Waals surface area (Å²) in [6.07, 6.45) is 6.63. The summed E-state index contributed by atoms with van der Waals surface area (Å²) in [5.41, 5.74) is 0.659. The molecule has 1 N–H and O–H groups in total. The molecule has 1 saturated heterocycles. The zero-order chi connectivity index (χ0) is 16.2. The normalized spacial score (nSPS) is 17.3. The molecule has 0 radical (unpaired) electrons. The van der Waals surface area contributed by atoms with E-state index in [-0.39, 0.29) is 18.5 Å². The van der Waals surface area contributed by atoms with Crippen molar-refractivity contribution in [2.45, 2.75) is 25.4 Å². The number of anilines is 1. The Labute approximate surface area is 134 Å². The minimum absolute atomic E-state index is 0.0210. The predicted octanol–water partition coefficient (Wildman–Crippen LogP) is 1.04. The number of pyridine rings is 1. The average Bonchev–Trinajstić information content (AvgIpc) is 3.07. The van der Waals surface area contributed by atoms with E-state index in [0.29, 0.717) is 6.54 Å². The average molecular weight is 313 g/mol. The number of hydrogen-bond donors (Lipinski definition) is 1. The third-order valence-corrected chi connectivity index (χ3v) is 4.09. The van der Waals surface area contributed by atoms with Crippen molar-refractivity contribution in [3.63, 3.8) is 0 Å². The Bertz CT molecular complexity index is 758. The minimum atomic E-state index is -0.405. The van der Waals surface area contributed by atoms with Crippen LogP contribution in [0.15, 0.2) is 41.6 Å². The van der Waals surface area contributed by atoms with Gasteiger partial charge in [-0.3, -0.25) is 9.36 Å². The van der Waals surface area contributed by atoms with Crippen LogP contribution in [0.2, 0.25) is 0 Å². The molecule has 2 aromatic heterocycles. The lowest BCUT2D eigenvalue weighted by Gasteiger charge is -2.25. The molecule has 1 aliphatic rings. The van der Waals surface area contributed by atoms with Gasteiger partial charge in [-0.1, -0.05) is 0 Å². The van der Waals surface area contributed by atoms with E-state index in [4.69, 9.17) is 0 Å².